The van der Waals surface area contributed by atoms with Gasteiger partial charge in [0.1, 0.15) is 0 Å². The standard InChI is InChI=1S/C24H27N5O3S.C22H23N5O3S/c1-17(2)26-11-4-12-32-23(30)27-21-6-3-5-19(13-21)15-29-24(31)33-16-22(28-29)20-9-7-18(14-25)8-10-20;1-24-10-3-11-30-21(28)25-19-5-2-4-17(12-19)14-27-22(29)31-15-20(26-27)18-8-6-16(13-23)7-9-18/h3,5-10,13,17,26H,4,11-12,15-16H2,1-2H3,(H,27,30);2,4-9,12,24H,3,10-11,14-15H2,1H3,(H,25,28). The van der Waals surface area contributed by atoms with Gasteiger partial charge >= 0.3 is 22.7 Å². The summed E-state index contributed by atoms with van der Waals surface area (Å²) >= 11 is 2.37. The van der Waals surface area contributed by atoms with E-state index in [1.54, 1.807) is 54.6 Å². The van der Waals surface area contributed by atoms with Crippen molar-refractivity contribution in [2.45, 2.75) is 45.8 Å². The molecule has 332 valence electrons. The van der Waals surface area contributed by atoms with E-state index in [1.807, 2.05) is 49.5 Å². The Labute approximate surface area is 381 Å². The van der Waals surface area contributed by atoms with E-state index < -0.39 is 12.2 Å². The maximum atomic E-state index is 12.4. The SMILES string of the molecule is CC(C)NCCCOC(=O)Nc1cccc(CN2N=C(c3ccc(C#N)cc3)CSC2=O)c1.CNCCCOC(=O)Nc1cccc(CN2N=C(c3ccc(C#N)cc3)CSC2=O)c1. The second-order valence-corrected chi connectivity index (χ2v) is 16.4. The zero-order valence-corrected chi connectivity index (χ0v) is 37.5. The number of thioether (sulfide) groups is 2. The lowest BCUT2D eigenvalue weighted by atomic mass is 10.1. The zero-order valence-electron chi connectivity index (χ0n) is 35.8. The molecule has 0 spiro atoms. The van der Waals surface area contributed by atoms with Gasteiger partial charge in [0, 0.05) is 28.9 Å². The van der Waals surface area contributed by atoms with Crippen LogP contribution in [0.2, 0.25) is 0 Å². The van der Waals surface area contributed by atoms with Crippen molar-refractivity contribution in [3.05, 3.63) is 130 Å². The maximum absolute atomic E-state index is 12.4. The van der Waals surface area contributed by atoms with E-state index in [4.69, 9.17) is 20.0 Å². The van der Waals surface area contributed by atoms with Gasteiger partial charge in [0.25, 0.3) is 0 Å². The Kier molecular flexibility index (Phi) is 19.2. The second-order valence-electron chi connectivity index (χ2n) is 14.5. The second kappa shape index (κ2) is 25.4. The van der Waals surface area contributed by atoms with E-state index >= 15 is 0 Å². The van der Waals surface area contributed by atoms with Crippen molar-refractivity contribution in [3.8, 4) is 12.1 Å². The number of rotatable bonds is 17. The van der Waals surface area contributed by atoms with Crippen LogP contribution in [0.1, 0.15) is 60.1 Å². The van der Waals surface area contributed by atoms with E-state index in [9.17, 15) is 19.2 Å². The van der Waals surface area contributed by atoms with Crippen molar-refractivity contribution in [1.29, 1.82) is 10.5 Å². The van der Waals surface area contributed by atoms with Gasteiger partial charge in [-0.05, 0) is 104 Å². The van der Waals surface area contributed by atoms with Crippen molar-refractivity contribution in [2.75, 3.05) is 55.5 Å². The molecule has 18 heteroatoms. The van der Waals surface area contributed by atoms with Crippen LogP contribution < -0.4 is 21.3 Å². The maximum Gasteiger partial charge on any atom is 0.411 e. The molecule has 0 radical (unpaired) electrons. The summed E-state index contributed by atoms with van der Waals surface area (Å²) in [7, 11) is 1.84. The van der Waals surface area contributed by atoms with Crippen LogP contribution >= 0.6 is 23.5 Å². The van der Waals surface area contributed by atoms with Gasteiger partial charge in [-0.1, -0.05) is 85.9 Å². The van der Waals surface area contributed by atoms with Crippen molar-refractivity contribution < 1.29 is 28.7 Å². The topological polar surface area (TPSA) is 214 Å². The summed E-state index contributed by atoms with van der Waals surface area (Å²) in [6, 6.07) is 33.3. The predicted octanol–water partition coefficient (Wildman–Crippen LogP) is 8.36. The number of anilines is 2. The lowest BCUT2D eigenvalue weighted by Gasteiger charge is -2.23. The molecule has 64 heavy (non-hydrogen) atoms. The molecule has 6 rings (SSSR count). The fourth-order valence-electron chi connectivity index (χ4n) is 5.99. The highest BCUT2D eigenvalue weighted by molar-refractivity contribution is 8.14. The van der Waals surface area contributed by atoms with Crippen LogP contribution in [0.5, 0.6) is 0 Å². The molecule has 4 N–H and O–H groups in total. The van der Waals surface area contributed by atoms with Gasteiger partial charge < -0.3 is 20.1 Å². The van der Waals surface area contributed by atoms with Gasteiger partial charge in [-0.3, -0.25) is 20.2 Å². The third-order valence-electron chi connectivity index (χ3n) is 9.19. The van der Waals surface area contributed by atoms with Crippen LogP contribution in [0, 0.1) is 22.7 Å². The fraction of sp³-hybridized carbons (Fsp3) is 0.304. The fourth-order valence-corrected chi connectivity index (χ4v) is 7.46. The summed E-state index contributed by atoms with van der Waals surface area (Å²) in [6.45, 7) is 6.90. The van der Waals surface area contributed by atoms with Crippen LogP contribution in [-0.4, -0.2) is 95.0 Å². The van der Waals surface area contributed by atoms with Gasteiger partial charge in [0.15, 0.2) is 0 Å². The average molecular weight is 903 g/mol. The van der Waals surface area contributed by atoms with Gasteiger partial charge in [0.05, 0.1) is 61.0 Å². The number of ether oxygens (including phenoxy) is 2. The van der Waals surface area contributed by atoms with Crippen LogP contribution in [-0.2, 0) is 22.6 Å². The van der Waals surface area contributed by atoms with Gasteiger partial charge in [-0.2, -0.15) is 20.7 Å². The Balaban J connectivity index is 0.000000241. The minimum absolute atomic E-state index is 0.139. The summed E-state index contributed by atoms with van der Waals surface area (Å²) in [4.78, 5) is 48.7. The molecule has 0 fully saturated rings. The lowest BCUT2D eigenvalue weighted by molar-refractivity contribution is 0.159. The molecule has 0 aliphatic carbocycles. The first-order valence-electron chi connectivity index (χ1n) is 20.5. The van der Waals surface area contributed by atoms with Crippen molar-refractivity contribution in [2.24, 2.45) is 10.2 Å². The van der Waals surface area contributed by atoms with E-state index in [0.29, 0.717) is 53.3 Å². The summed E-state index contributed by atoms with van der Waals surface area (Å²) < 4.78 is 10.3. The Morgan fingerprint density at radius 2 is 1.12 bits per heavy atom. The predicted molar refractivity (Wildman–Crippen MR) is 251 cm³/mol. The Hall–Kier alpha value is -6.70. The largest absolute Gasteiger partial charge is 0.449 e. The number of hydrogen-bond acceptors (Lipinski definition) is 14. The third-order valence-corrected chi connectivity index (χ3v) is 10.9. The number of nitrogens with one attached hydrogen (secondary N) is 4. The van der Waals surface area contributed by atoms with E-state index in [-0.39, 0.29) is 23.6 Å². The van der Waals surface area contributed by atoms with Gasteiger partial charge in [0.2, 0.25) is 0 Å². The summed E-state index contributed by atoms with van der Waals surface area (Å²) in [5, 5.41) is 41.2. The molecule has 0 saturated carbocycles. The molecule has 16 nitrogen and oxygen atoms in total. The smallest absolute Gasteiger partial charge is 0.411 e. The van der Waals surface area contributed by atoms with Crippen molar-refractivity contribution in [3.63, 3.8) is 0 Å². The van der Waals surface area contributed by atoms with E-state index in [1.165, 1.54) is 33.5 Å². The van der Waals surface area contributed by atoms with Gasteiger partial charge in [-0.25, -0.2) is 19.6 Å². The first-order chi connectivity index (χ1) is 31.0. The molecule has 4 amide bonds. The number of carbonyl (C=O) groups is 4. The highest BCUT2D eigenvalue weighted by Gasteiger charge is 2.24. The molecule has 0 aromatic heterocycles. The average Bonchev–Trinajstić information content (AvgIpc) is 3.29. The summed E-state index contributed by atoms with van der Waals surface area (Å²) in [5.41, 5.74) is 7.27. The normalized spacial score (nSPS) is 13.4. The van der Waals surface area contributed by atoms with Crippen LogP contribution in [0.3, 0.4) is 0 Å². The van der Waals surface area contributed by atoms with Crippen molar-refractivity contribution >= 4 is 69.0 Å². The number of nitriles is 2. The number of carbonyl (C=O) groups excluding carboxylic acids is 4. The van der Waals surface area contributed by atoms with E-state index in [2.05, 4.69) is 57.5 Å². The Morgan fingerprint density at radius 3 is 1.53 bits per heavy atom. The minimum Gasteiger partial charge on any atom is -0.449 e. The molecule has 2 aliphatic heterocycles. The Bertz CT molecular complexity index is 2380. The Morgan fingerprint density at radius 1 is 0.688 bits per heavy atom. The molecular formula is C46H50N10O6S2. The van der Waals surface area contributed by atoms with Crippen LogP contribution in [0.25, 0.3) is 0 Å². The molecule has 2 heterocycles. The lowest BCUT2D eigenvalue weighted by Crippen LogP contribution is -2.29. The molecule has 4 aromatic rings. The number of amides is 4. The number of hydrazone groups is 2. The van der Waals surface area contributed by atoms with Crippen LogP contribution in [0.4, 0.5) is 30.6 Å². The molecule has 0 unspecified atom stereocenters. The quantitative estimate of drug-likeness (QED) is 0.0736. The van der Waals surface area contributed by atoms with Gasteiger partial charge in [-0.15, -0.1) is 0 Å². The monoisotopic (exact) mass is 902 g/mol. The molecular weight excluding hydrogens is 853 g/mol. The van der Waals surface area contributed by atoms with Crippen molar-refractivity contribution in [1.82, 2.24) is 20.7 Å². The zero-order chi connectivity index (χ0) is 45.7. The number of benzene rings is 4. The first kappa shape index (κ1) is 48.3. The van der Waals surface area contributed by atoms with Crippen LogP contribution in [0.15, 0.2) is 107 Å². The molecule has 0 bridgehead atoms. The summed E-state index contributed by atoms with van der Waals surface area (Å²) in [6.07, 6.45) is 0.444. The number of hydrogen-bond donors (Lipinski definition) is 4. The molecule has 4 aromatic carbocycles. The molecule has 0 atom stereocenters. The highest BCUT2D eigenvalue weighted by atomic mass is 32.2. The molecule has 2 aliphatic rings. The minimum atomic E-state index is -0.515. The number of nitrogens with zero attached hydrogens (tertiary/aromatic N) is 6. The first-order valence-corrected chi connectivity index (χ1v) is 22.5. The molecule has 0 saturated heterocycles. The summed E-state index contributed by atoms with van der Waals surface area (Å²) in [5.74, 6) is 0.948. The highest BCUT2D eigenvalue weighted by Crippen LogP contribution is 2.25. The van der Waals surface area contributed by atoms with E-state index in [0.717, 1.165) is 59.6 Å². The third kappa shape index (κ3) is 15.9.